The molecule has 0 saturated heterocycles. The van der Waals surface area contributed by atoms with Crippen molar-refractivity contribution in [3.05, 3.63) is 59.4 Å². The van der Waals surface area contributed by atoms with E-state index in [9.17, 15) is 23.1 Å². The number of aromatic hydroxyl groups is 1. The number of amides is 1. The zero-order chi connectivity index (χ0) is 22.8. The minimum absolute atomic E-state index is 0.0255. The van der Waals surface area contributed by atoms with Gasteiger partial charge in [-0.1, -0.05) is 0 Å². The Bertz CT molecular complexity index is 1140. The van der Waals surface area contributed by atoms with Crippen LogP contribution in [0.1, 0.15) is 21.6 Å². The third-order valence-corrected chi connectivity index (χ3v) is 4.60. The molecule has 1 amide bonds. The highest BCUT2D eigenvalue weighted by Crippen LogP contribution is 2.29. The fourth-order valence-corrected chi connectivity index (χ4v) is 3.13. The molecule has 3 heterocycles. The van der Waals surface area contributed by atoms with Crippen LogP contribution in [0.3, 0.4) is 0 Å². The van der Waals surface area contributed by atoms with Crippen LogP contribution >= 0.6 is 0 Å². The standard InChI is InChI=1S/C19H17N3O2.C2HF3O2/c1-11-8-13(23)2-3-14(11)18-9-12(4-6-20-18)17-10-15-16(22-17)5-7-21-19(15)24;3-2(4,5)1(6)7/h2-4,6,8-10,22-23H,5,7H2,1H3,(H,21,24);(H,6,7). The zero-order valence-corrected chi connectivity index (χ0v) is 16.2. The van der Waals surface area contributed by atoms with E-state index in [1.54, 1.807) is 18.3 Å². The first-order valence-electron chi connectivity index (χ1n) is 9.13. The predicted molar refractivity (Wildman–Crippen MR) is 106 cm³/mol. The zero-order valence-electron chi connectivity index (χ0n) is 16.2. The molecule has 0 aliphatic carbocycles. The number of aromatic nitrogens is 2. The Kier molecular flexibility index (Phi) is 6.00. The number of carbonyl (C=O) groups is 2. The summed E-state index contributed by atoms with van der Waals surface area (Å²) in [6.45, 7) is 2.61. The van der Waals surface area contributed by atoms with Crippen molar-refractivity contribution in [2.24, 2.45) is 0 Å². The number of carboxylic acid groups (broad SMARTS) is 1. The van der Waals surface area contributed by atoms with Crippen molar-refractivity contribution in [1.29, 1.82) is 0 Å². The lowest BCUT2D eigenvalue weighted by molar-refractivity contribution is -0.192. The fraction of sp³-hybridized carbons (Fsp3) is 0.190. The number of aliphatic carboxylic acids is 1. The van der Waals surface area contributed by atoms with Crippen LogP contribution in [0.25, 0.3) is 22.5 Å². The number of carboxylic acids is 1. The molecule has 0 radical (unpaired) electrons. The summed E-state index contributed by atoms with van der Waals surface area (Å²) in [6, 6.07) is 11.1. The van der Waals surface area contributed by atoms with Crippen molar-refractivity contribution in [2.45, 2.75) is 19.5 Å². The summed E-state index contributed by atoms with van der Waals surface area (Å²) in [6.07, 6.45) is -2.51. The van der Waals surface area contributed by atoms with Crippen molar-refractivity contribution in [1.82, 2.24) is 15.3 Å². The number of phenolic OH excluding ortho intramolecular Hbond substituents is 1. The average Bonchev–Trinajstić information content (AvgIpc) is 3.14. The third kappa shape index (κ3) is 5.03. The highest BCUT2D eigenvalue weighted by atomic mass is 19.4. The number of pyridine rings is 1. The molecule has 0 unspecified atom stereocenters. The van der Waals surface area contributed by atoms with Crippen LogP contribution in [0, 0.1) is 6.92 Å². The Morgan fingerprint density at radius 3 is 2.45 bits per heavy atom. The molecule has 31 heavy (non-hydrogen) atoms. The molecule has 1 aliphatic heterocycles. The number of phenols is 1. The number of carbonyl (C=O) groups excluding carboxylic acids is 1. The molecule has 3 aromatic rings. The van der Waals surface area contributed by atoms with E-state index in [-0.39, 0.29) is 11.7 Å². The molecule has 0 atom stereocenters. The van der Waals surface area contributed by atoms with E-state index in [1.807, 2.05) is 31.2 Å². The van der Waals surface area contributed by atoms with Gasteiger partial charge >= 0.3 is 12.1 Å². The number of rotatable bonds is 2. The molecular formula is C21H18F3N3O4. The second-order valence-electron chi connectivity index (χ2n) is 6.81. The molecule has 7 nitrogen and oxygen atoms in total. The smallest absolute Gasteiger partial charge is 0.490 e. The number of fused-ring (bicyclic) bond motifs is 1. The van der Waals surface area contributed by atoms with Gasteiger partial charge in [0.05, 0.1) is 11.3 Å². The van der Waals surface area contributed by atoms with Gasteiger partial charge in [0.15, 0.2) is 0 Å². The largest absolute Gasteiger partial charge is 0.508 e. The fourth-order valence-electron chi connectivity index (χ4n) is 3.13. The first-order chi connectivity index (χ1) is 14.6. The van der Waals surface area contributed by atoms with E-state index in [2.05, 4.69) is 15.3 Å². The molecule has 10 heteroatoms. The molecule has 162 valence electrons. The van der Waals surface area contributed by atoms with Crippen LogP contribution in [0.5, 0.6) is 5.75 Å². The van der Waals surface area contributed by atoms with Crippen molar-refractivity contribution in [3.63, 3.8) is 0 Å². The number of nitrogens with zero attached hydrogens (tertiary/aromatic N) is 1. The van der Waals surface area contributed by atoms with Gasteiger partial charge < -0.3 is 20.5 Å². The van der Waals surface area contributed by atoms with Crippen LogP contribution in [0.4, 0.5) is 13.2 Å². The van der Waals surface area contributed by atoms with Gasteiger partial charge in [-0.25, -0.2) is 4.79 Å². The van der Waals surface area contributed by atoms with Crippen molar-refractivity contribution < 1.29 is 33.0 Å². The maximum absolute atomic E-state index is 11.9. The van der Waals surface area contributed by atoms with E-state index >= 15 is 0 Å². The third-order valence-electron chi connectivity index (χ3n) is 4.60. The number of aromatic amines is 1. The number of nitrogens with one attached hydrogen (secondary N) is 2. The van der Waals surface area contributed by atoms with Gasteiger partial charge in [-0.15, -0.1) is 0 Å². The van der Waals surface area contributed by atoms with Crippen LogP contribution in [0.2, 0.25) is 0 Å². The van der Waals surface area contributed by atoms with Crippen LogP contribution in [-0.2, 0) is 11.2 Å². The van der Waals surface area contributed by atoms with Gasteiger partial charge in [0.25, 0.3) is 5.91 Å². The molecule has 0 fully saturated rings. The highest BCUT2D eigenvalue weighted by molar-refractivity contribution is 5.97. The summed E-state index contributed by atoms with van der Waals surface area (Å²) in [5, 5.41) is 19.6. The lowest BCUT2D eigenvalue weighted by atomic mass is 10.0. The van der Waals surface area contributed by atoms with Gasteiger partial charge in [0.1, 0.15) is 5.75 Å². The second-order valence-corrected chi connectivity index (χ2v) is 6.81. The van der Waals surface area contributed by atoms with E-state index in [0.29, 0.717) is 6.54 Å². The number of aryl methyl sites for hydroxylation is 1. The molecule has 0 saturated carbocycles. The lowest BCUT2D eigenvalue weighted by Gasteiger charge is -2.11. The van der Waals surface area contributed by atoms with Crippen LogP contribution < -0.4 is 5.32 Å². The maximum atomic E-state index is 11.9. The Labute approximate surface area is 174 Å². The molecule has 4 N–H and O–H groups in total. The first-order valence-corrected chi connectivity index (χ1v) is 9.13. The summed E-state index contributed by atoms with van der Waals surface area (Å²) < 4.78 is 31.7. The number of benzene rings is 1. The van der Waals surface area contributed by atoms with Crippen LogP contribution in [0.15, 0.2) is 42.6 Å². The summed E-state index contributed by atoms with van der Waals surface area (Å²) in [7, 11) is 0. The molecule has 1 aromatic carbocycles. The van der Waals surface area contributed by atoms with Gasteiger partial charge in [-0.3, -0.25) is 9.78 Å². The number of hydrogen-bond acceptors (Lipinski definition) is 4. The first kappa shape index (κ1) is 21.9. The molecule has 0 spiro atoms. The quantitative estimate of drug-likeness (QED) is 0.492. The van der Waals surface area contributed by atoms with E-state index in [1.165, 1.54) is 0 Å². The van der Waals surface area contributed by atoms with Crippen LogP contribution in [-0.4, -0.2) is 44.8 Å². The highest BCUT2D eigenvalue weighted by Gasteiger charge is 2.38. The Morgan fingerprint density at radius 2 is 1.84 bits per heavy atom. The van der Waals surface area contributed by atoms with Crippen molar-refractivity contribution in [3.8, 4) is 28.3 Å². The number of halogens is 3. The van der Waals surface area contributed by atoms with Gasteiger partial charge in [-0.2, -0.15) is 13.2 Å². The van der Waals surface area contributed by atoms with Gasteiger partial charge in [0.2, 0.25) is 0 Å². The monoisotopic (exact) mass is 433 g/mol. The molecule has 0 bridgehead atoms. The molecule has 1 aliphatic rings. The van der Waals surface area contributed by atoms with Crippen molar-refractivity contribution in [2.75, 3.05) is 6.54 Å². The average molecular weight is 433 g/mol. The topological polar surface area (TPSA) is 115 Å². The Hall–Kier alpha value is -3.82. The lowest BCUT2D eigenvalue weighted by Crippen LogP contribution is -2.31. The number of hydrogen-bond donors (Lipinski definition) is 4. The number of H-pyrrole nitrogens is 1. The molecule has 4 rings (SSSR count). The van der Waals surface area contributed by atoms with Crippen molar-refractivity contribution >= 4 is 11.9 Å². The van der Waals surface area contributed by atoms with Gasteiger partial charge in [-0.05, 0) is 48.9 Å². The Balaban J connectivity index is 0.000000339. The molecule has 2 aromatic heterocycles. The van der Waals surface area contributed by atoms with E-state index in [4.69, 9.17) is 9.90 Å². The summed E-state index contributed by atoms with van der Waals surface area (Å²) in [5.41, 5.74) is 6.37. The summed E-state index contributed by atoms with van der Waals surface area (Å²) >= 11 is 0. The number of alkyl halides is 3. The predicted octanol–water partition coefficient (Wildman–Crippen LogP) is 3.68. The SMILES string of the molecule is Cc1cc(O)ccc1-c1cc(-c2cc3c([nH]2)CCNC3=O)ccn1.O=C(O)C(F)(F)F. The molecular weight excluding hydrogens is 415 g/mol. The van der Waals surface area contributed by atoms with E-state index < -0.39 is 12.1 Å². The summed E-state index contributed by atoms with van der Waals surface area (Å²) in [4.78, 5) is 28.6. The van der Waals surface area contributed by atoms with E-state index in [0.717, 1.165) is 45.8 Å². The normalized spacial score (nSPS) is 13.0. The summed E-state index contributed by atoms with van der Waals surface area (Å²) in [5.74, 6) is -2.54. The minimum Gasteiger partial charge on any atom is -0.508 e. The minimum atomic E-state index is -5.08. The van der Waals surface area contributed by atoms with Gasteiger partial charge in [0, 0.05) is 41.7 Å². The maximum Gasteiger partial charge on any atom is 0.490 e. The Morgan fingerprint density at radius 1 is 1.13 bits per heavy atom. The second kappa shape index (κ2) is 8.50.